The highest BCUT2D eigenvalue weighted by atomic mass is 16.6. The van der Waals surface area contributed by atoms with Gasteiger partial charge >= 0.3 is 0 Å². The van der Waals surface area contributed by atoms with Crippen LogP contribution in [0.15, 0.2) is 18.2 Å². The molecule has 0 aliphatic carbocycles. The van der Waals surface area contributed by atoms with E-state index in [1.165, 1.54) is 6.07 Å². The molecule has 1 N–H and O–H groups in total. The Labute approximate surface area is 101 Å². The van der Waals surface area contributed by atoms with E-state index in [0.717, 1.165) is 24.2 Å². The van der Waals surface area contributed by atoms with Crippen molar-refractivity contribution in [1.82, 2.24) is 0 Å². The lowest BCUT2D eigenvalue weighted by molar-refractivity contribution is -0.384. The largest absolute Gasteiger partial charge is 0.395 e. The molecular weight excluding hydrogens is 220 g/mol. The Hall–Kier alpha value is -1.62. The van der Waals surface area contributed by atoms with Crippen molar-refractivity contribution < 1.29 is 10.0 Å². The SMILES string of the molecule is CCCN(CCO)c1ccc([N+](=O)[O-])cc1C. The molecule has 0 amide bonds. The van der Waals surface area contributed by atoms with E-state index in [9.17, 15) is 10.1 Å². The predicted octanol–water partition coefficient (Wildman–Crippen LogP) is 2.11. The van der Waals surface area contributed by atoms with E-state index in [-0.39, 0.29) is 12.3 Å². The molecule has 0 fully saturated rings. The van der Waals surface area contributed by atoms with Gasteiger partial charge in [-0.1, -0.05) is 6.92 Å². The van der Waals surface area contributed by atoms with Crippen molar-refractivity contribution in [2.45, 2.75) is 20.3 Å². The van der Waals surface area contributed by atoms with Gasteiger partial charge in [0, 0.05) is 30.9 Å². The summed E-state index contributed by atoms with van der Waals surface area (Å²) in [5.41, 5.74) is 1.92. The molecule has 5 nitrogen and oxygen atoms in total. The molecule has 1 aromatic carbocycles. The third kappa shape index (κ3) is 3.42. The minimum Gasteiger partial charge on any atom is -0.395 e. The van der Waals surface area contributed by atoms with Crippen molar-refractivity contribution in [3.8, 4) is 0 Å². The summed E-state index contributed by atoms with van der Waals surface area (Å²) < 4.78 is 0. The van der Waals surface area contributed by atoms with Crippen LogP contribution < -0.4 is 4.90 Å². The average molecular weight is 238 g/mol. The van der Waals surface area contributed by atoms with Crippen LogP contribution in [0.3, 0.4) is 0 Å². The van der Waals surface area contributed by atoms with Crippen LogP contribution in [0, 0.1) is 17.0 Å². The zero-order chi connectivity index (χ0) is 12.8. The second kappa shape index (κ2) is 6.20. The molecule has 94 valence electrons. The van der Waals surface area contributed by atoms with Gasteiger partial charge in [0.15, 0.2) is 0 Å². The third-order valence-corrected chi connectivity index (χ3v) is 2.60. The van der Waals surface area contributed by atoms with Crippen molar-refractivity contribution in [2.75, 3.05) is 24.6 Å². The number of hydrogen-bond acceptors (Lipinski definition) is 4. The van der Waals surface area contributed by atoms with Crippen molar-refractivity contribution in [1.29, 1.82) is 0 Å². The van der Waals surface area contributed by atoms with E-state index in [2.05, 4.69) is 6.92 Å². The van der Waals surface area contributed by atoms with E-state index >= 15 is 0 Å². The van der Waals surface area contributed by atoms with Gasteiger partial charge in [0.1, 0.15) is 0 Å². The number of nitro benzene ring substituents is 1. The maximum Gasteiger partial charge on any atom is 0.269 e. The van der Waals surface area contributed by atoms with Crippen molar-refractivity contribution in [2.24, 2.45) is 0 Å². The smallest absolute Gasteiger partial charge is 0.269 e. The maximum absolute atomic E-state index is 10.6. The Morgan fingerprint density at radius 2 is 2.12 bits per heavy atom. The number of rotatable bonds is 6. The monoisotopic (exact) mass is 238 g/mol. The number of aliphatic hydroxyl groups excluding tert-OH is 1. The summed E-state index contributed by atoms with van der Waals surface area (Å²) in [4.78, 5) is 12.3. The topological polar surface area (TPSA) is 66.6 Å². The minimum absolute atomic E-state index is 0.0798. The molecule has 1 aromatic rings. The van der Waals surface area contributed by atoms with Crippen LogP contribution in [-0.2, 0) is 0 Å². The number of nitro groups is 1. The normalized spacial score (nSPS) is 10.3. The molecule has 0 aliphatic rings. The molecule has 17 heavy (non-hydrogen) atoms. The first-order valence-electron chi connectivity index (χ1n) is 5.71. The molecule has 0 bridgehead atoms. The first kappa shape index (κ1) is 13.4. The van der Waals surface area contributed by atoms with Crippen LogP contribution in [0.5, 0.6) is 0 Å². The number of hydrogen-bond donors (Lipinski definition) is 1. The maximum atomic E-state index is 10.6. The Morgan fingerprint density at radius 3 is 2.59 bits per heavy atom. The van der Waals surface area contributed by atoms with Gasteiger partial charge in [-0.2, -0.15) is 0 Å². The summed E-state index contributed by atoms with van der Waals surface area (Å²) >= 11 is 0. The fraction of sp³-hybridized carbons (Fsp3) is 0.500. The number of aliphatic hydroxyl groups is 1. The number of benzene rings is 1. The van der Waals surface area contributed by atoms with Crippen LogP contribution >= 0.6 is 0 Å². The second-order valence-electron chi connectivity index (χ2n) is 3.94. The van der Waals surface area contributed by atoms with E-state index in [0.29, 0.717) is 6.54 Å². The van der Waals surface area contributed by atoms with Gasteiger partial charge in [-0.05, 0) is 25.0 Å². The fourth-order valence-corrected chi connectivity index (χ4v) is 1.85. The number of nitrogens with zero attached hydrogens (tertiary/aromatic N) is 2. The number of aryl methyl sites for hydroxylation is 1. The number of non-ortho nitro benzene ring substituents is 1. The molecule has 0 saturated carbocycles. The van der Waals surface area contributed by atoms with Gasteiger partial charge in [-0.3, -0.25) is 10.1 Å². The van der Waals surface area contributed by atoms with Crippen molar-refractivity contribution >= 4 is 11.4 Å². The molecule has 0 radical (unpaired) electrons. The van der Waals surface area contributed by atoms with Crippen LogP contribution in [0.1, 0.15) is 18.9 Å². The van der Waals surface area contributed by atoms with E-state index in [1.807, 2.05) is 11.8 Å². The summed E-state index contributed by atoms with van der Waals surface area (Å²) in [5.74, 6) is 0. The van der Waals surface area contributed by atoms with Gasteiger partial charge in [-0.25, -0.2) is 0 Å². The molecule has 0 atom stereocenters. The van der Waals surface area contributed by atoms with E-state index < -0.39 is 4.92 Å². The molecule has 0 unspecified atom stereocenters. The molecule has 0 aliphatic heterocycles. The van der Waals surface area contributed by atoms with E-state index in [4.69, 9.17) is 5.11 Å². The first-order valence-corrected chi connectivity index (χ1v) is 5.71. The second-order valence-corrected chi connectivity index (χ2v) is 3.94. The summed E-state index contributed by atoms with van der Waals surface area (Å²) in [5, 5.41) is 19.6. The highest BCUT2D eigenvalue weighted by molar-refractivity contribution is 5.57. The summed E-state index contributed by atoms with van der Waals surface area (Å²) in [6, 6.07) is 4.82. The van der Waals surface area contributed by atoms with Crippen LogP contribution in [0.4, 0.5) is 11.4 Å². The fourth-order valence-electron chi connectivity index (χ4n) is 1.85. The highest BCUT2D eigenvalue weighted by Crippen LogP contribution is 2.24. The first-order chi connectivity index (χ1) is 8.10. The number of anilines is 1. The molecule has 0 aromatic heterocycles. The van der Waals surface area contributed by atoms with Crippen molar-refractivity contribution in [3.63, 3.8) is 0 Å². The van der Waals surface area contributed by atoms with Crippen LogP contribution in [0.2, 0.25) is 0 Å². The third-order valence-electron chi connectivity index (χ3n) is 2.60. The molecule has 0 saturated heterocycles. The average Bonchev–Trinajstić information content (AvgIpc) is 2.28. The molecular formula is C12H18N2O3. The van der Waals surface area contributed by atoms with Gasteiger partial charge in [0.05, 0.1) is 11.5 Å². The van der Waals surface area contributed by atoms with Gasteiger partial charge < -0.3 is 10.0 Å². The quantitative estimate of drug-likeness (QED) is 0.609. The van der Waals surface area contributed by atoms with Crippen LogP contribution in [0.25, 0.3) is 0 Å². The van der Waals surface area contributed by atoms with Gasteiger partial charge in [0.25, 0.3) is 5.69 Å². The predicted molar refractivity (Wildman–Crippen MR) is 67.4 cm³/mol. The summed E-state index contributed by atoms with van der Waals surface area (Å²) in [7, 11) is 0. The lowest BCUT2D eigenvalue weighted by atomic mass is 10.1. The Bertz CT molecular complexity index is 387. The Morgan fingerprint density at radius 1 is 1.41 bits per heavy atom. The molecule has 0 heterocycles. The molecule has 5 heteroatoms. The summed E-state index contributed by atoms with van der Waals surface area (Å²) in [6.07, 6.45) is 0.969. The Balaban J connectivity index is 2.99. The van der Waals surface area contributed by atoms with Crippen LogP contribution in [-0.4, -0.2) is 29.7 Å². The summed E-state index contributed by atoms with van der Waals surface area (Å²) in [6.45, 7) is 5.37. The lowest BCUT2D eigenvalue weighted by Crippen LogP contribution is -2.28. The van der Waals surface area contributed by atoms with Gasteiger partial charge in [-0.15, -0.1) is 0 Å². The standard InChI is InChI=1S/C12H18N2O3/c1-3-6-13(7-8-15)12-5-4-11(14(16)17)9-10(12)2/h4-5,9,15H,3,6-8H2,1-2H3. The lowest BCUT2D eigenvalue weighted by Gasteiger charge is -2.24. The molecule has 1 rings (SSSR count). The van der Waals surface area contributed by atoms with E-state index in [1.54, 1.807) is 12.1 Å². The Kier molecular flexibility index (Phi) is 4.90. The van der Waals surface area contributed by atoms with Gasteiger partial charge in [0.2, 0.25) is 0 Å². The zero-order valence-electron chi connectivity index (χ0n) is 10.2. The molecule has 0 spiro atoms. The van der Waals surface area contributed by atoms with Crippen molar-refractivity contribution in [3.05, 3.63) is 33.9 Å². The highest BCUT2D eigenvalue weighted by Gasteiger charge is 2.12. The zero-order valence-corrected chi connectivity index (χ0v) is 10.2. The minimum atomic E-state index is -0.396.